The molecule has 1 aliphatic heterocycles. The molecule has 2 aromatic rings. The molecule has 1 saturated heterocycles. The number of rotatable bonds is 4. The molecule has 0 radical (unpaired) electrons. The van der Waals surface area contributed by atoms with Gasteiger partial charge in [0, 0.05) is 25.2 Å². The van der Waals surface area contributed by atoms with Gasteiger partial charge in [-0.05, 0) is 26.0 Å². The highest BCUT2D eigenvalue weighted by atomic mass is 32.1. The third kappa shape index (κ3) is 2.95. The molecule has 0 saturated carbocycles. The van der Waals surface area contributed by atoms with E-state index in [2.05, 4.69) is 47.2 Å². The average Bonchev–Trinajstić information content (AvgIpc) is 2.89. The molecule has 0 bridgehead atoms. The number of nitrogens with one attached hydrogen (secondary N) is 1. The lowest BCUT2D eigenvalue weighted by atomic mass is 10.0. The molecule has 3 rings (SSSR count). The predicted octanol–water partition coefficient (Wildman–Crippen LogP) is 2.82. The predicted molar refractivity (Wildman–Crippen MR) is 84.6 cm³/mol. The second-order valence-electron chi connectivity index (χ2n) is 5.75. The summed E-state index contributed by atoms with van der Waals surface area (Å²) < 4.78 is 6.66. The minimum Gasteiger partial charge on any atom is -0.379 e. The van der Waals surface area contributed by atoms with Crippen LogP contribution in [-0.2, 0) is 4.74 Å². The monoisotopic (exact) mass is 291 g/mol. The van der Waals surface area contributed by atoms with Crippen LogP contribution in [0.2, 0.25) is 0 Å². The topological polar surface area (TPSA) is 37.4 Å². The molecule has 0 spiro atoms. The van der Waals surface area contributed by atoms with Crippen LogP contribution >= 0.6 is 11.3 Å². The number of fused-ring (bicyclic) bond motifs is 1. The minimum absolute atomic E-state index is 0.113. The average molecular weight is 291 g/mol. The van der Waals surface area contributed by atoms with Crippen LogP contribution in [0.4, 0.5) is 5.13 Å². The smallest absolute Gasteiger partial charge is 0.183 e. The van der Waals surface area contributed by atoms with Gasteiger partial charge in [0.25, 0.3) is 0 Å². The number of anilines is 1. The van der Waals surface area contributed by atoms with Crippen molar-refractivity contribution in [2.24, 2.45) is 0 Å². The van der Waals surface area contributed by atoms with E-state index in [0.717, 1.165) is 43.5 Å². The molecule has 0 atom stereocenters. The Morgan fingerprint density at radius 2 is 2.05 bits per heavy atom. The summed E-state index contributed by atoms with van der Waals surface area (Å²) in [6.07, 6.45) is 0. The Morgan fingerprint density at radius 3 is 2.80 bits per heavy atom. The van der Waals surface area contributed by atoms with Gasteiger partial charge in [0.1, 0.15) is 0 Å². The van der Waals surface area contributed by atoms with Crippen molar-refractivity contribution in [3.05, 3.63) is 24.3 Å². The lowest BCUT2D eigenvalue weighted by molar-refractivity contribution is -0.00568. The van der Waals surface area contributed by atoms with Gasteiger partial charge in [-0.15, -0.1) is 0 Å². The van der Waals surface area contributed by atoms with Crippen molar-refractivity contribution in [1.29, 1.82) is 0 Å². The Labute approximate surface area is 123 Å². The van der Waals surface area contributed by atoms with Crippen LogP contribution in [0.3, 0.4) is 0 Å². The van der Waals surface area contributed by atoms with Crippen LogP contribution in [0.25, 0.3) is 10.2 Å². The fraction of sp³-hybridized carbons (Fsp3) is 0.533. The highest BCUT2D eigenvalue weighted by Gasteiger charge is 2.28. The van der Waals surface area contributed by atoms with Crippen molar-refractivity contribution >= 4 is 26.7 Å². The standard InChI is InChI=1S/C15H21N3OS/c1-15(2,18-7-9-19-10-8-18)11-16-14-17-12-5-3-4-6-13(12)20-14/h3-6H,7-11H2,1-2H3,(H,16,17). The van der Waals surface area contributed by atoms with Crippen LogP contribution < -0.4 is 5.32 Å². The number of nitrogens with zero attached hydrogens (tertiary/aromatic N) is 2. The first-order valence-electron chi connectivity index (χ1n) is 7.07. The lowest BCUT2D eigenvalue weighted by Crippen LogP contribution is -2.53. The van der Waals surface area contributed by atoms with E-state index in [1.54, 1.807) is 11.3 Å². The SMILES string of the molecule is CC(C)(CNc1nc2ccccc2s1)N1CCOCC1. The molecule has 1 aromatic heterocycles. The highest BCUT2D eigenvalue weighted by Crippen LogP contribution is 2.26. The van der Waals surface area contributed by atoms with Crippen molar-refractivity contribution in [3.63, 3.8) is 0 Å². The molecule has 1 aliphatic rings. The minimum atomic E-state index is 0.113. The van der Waals surface area contributed by atoms with E-state index in [9.17, 15) is 0 Å². The van der Waals surface area contributed by atoms with Gasteiger partial charge in [-0.3, -0.25) is 4.90 Å². The largest absolute Gasteiger partial charge is 0.379 e. The van der Waals surface area contributed by atoms with E-state index < -0.39 is 0 Å². The zero-order valence-corrected chi connectivity index (χ0v) is 12.9. The summed E-state index contributed by atoms with van der Waals surface area (Å²) in [5.41, 5.74) is 1.19. The summed E-state index contributed by atoms with van der Waals surface area (Å²) in [6.45, 7) is 9.14. The number of para-hydroxylation sites is 1. The molecule has 0 amide bonds. The zero-order valence-electron chi connectivity index (χ0n) is 12.1. The Hall–Kier alpha value is -1.17. The second-order valence-corrected chi connectivity index (χ2v) is 6.78. The first-order chi connectivity index (χ1) is 9.65. The first kappa shape index (κ1) is 13.8. The molecule has 1 aromatic carbocycles. The summed E-state index contributed by atoms with van der Waals surface area (Å²) >= 11 is 1.72. The van der Waals surface area contributed by atoms with Gasteiger partial charge < -0.3 is 10.1 Å². The fourth-order valence-electron chi connectivity index (χ4n) is 2.52. The van der Waals surface area contributed by atoms with Crippen molar-refractivity contribution in [3.8, 4) is 0 Å². The van der Waals surface area contributed by atoms with Crippen molar-refractivity contribution in [2.45, 2.75) is 19.4 Å². The van der Waals surface area contributed by atoms with Crippen molar-refractivity contribution in [2.75, 3.05) is 38.2 Å². The number of hydrogen-bond donors (Lipinski definition) is 1. The maximum absolute atomic E-state index is 5.43. The number of ether oxygens (including phenoxy) is 1. The molecule has 0 aliphatic carbocycles. The summed E-state index contributed by atoms with van der Waals surface area (Å²) in [5.74, 6) is 0. The Morgan fingerprint density at radius 1 is 1.30 bits per heavy atom. The summed E-state index contributed by atoms with van der Waals surface area (Å²) in [5, 5.41) is 4.50. The molecule has 20 heavy (non-hydrogen) atoms. The highest BCUT2D eigenvalue weighted by molar-refractivity contribution is 7.22. The molecule has 108 valence electrons. The maximum Gasteiger partial charge on any atom is 0.183 e. The van der Waals surface area contributed by atoms with Gasteiger partial charge in [-0.2, -0.15) is 0 Å². The molecule has 1 N–H and O–H groups in total. The summed E-state index contributed by atoms with van der Waals surface area (Å²) in [7, 11) is 0. The van der Waals surface area contributed by atoms with E-state index in [-0.39, 0.29) is 5.54 Å². The number of aromatic nitrogens is 1. The zero-order chi connectivity index (χ0) is 14.0. The quantitative estimate of drug-likeness (QED) is 0.940. The number of benzene rings is 1. The van der Waals surface area contributed by atoms with Gasteiger partial charge in [-0.1, -0.05) is 23.5 Å². The van der Waals surface area contributed by atoms with E-state index in [1.807, 2.05) is 6.07 Å². The van der Waals surface area contributed by atoms with Crippen LogP contribution in [0.15, 0.2) is 24.3 Å². The molecule has 5 heteroatoms. The normalized spacial score (nSPS) is 17.5. The Balaban J connectivity index is 1.65. The first-order valence-corrected chi connectivity index (χ1v) is 7.89. The van der Waals surface area contributed by atoms with Gasteiger partial charge in [0.15, 0.2) is 5.13 Å². The number of thiazole rings is 1. The molecular weight excluding hydrogens is 270 g/mol. The van der Waals surface area contributed by atoms with Crippen LogP contribution in [0.5, 0.6) is 0 Å². The third-order valence-electron chi connectivity index (χ3n) is 3.83. The van der Waals surface area contributed by atoms with Crippen LogP contribution in [-0.4, -0.2) is 48.3 Å². The van der Waals surface area contributed by atoms with Gasteiger partial charge in [0.05, 0.1) is 23.4 Å². The third-order valence-corrected chi connectivity index (χ3v) is 4.83. The fourth-order valence-corrected chi connectivity index (χ4v) is 3.38. The molecule has 1 fully saturated rings. The van der Waals surface area contributed by atoms with E-state index in [1.165, 1.54) is 4.70 Å². The number of hydrogen-bond acceptors (Lipinski definition) is 5. The number of morpholine rings is 1. The summed E-state index contributed by atoms with van der Waals surface area (Å²) in [4.78, 5) is 7.11. The Bertz CT molecular complexity index is 542. The Kier molecular flexibility index (Phi) is 3.92. The lowest BCUT2D eigenvalue weighted by Gasteiger charge is -2.40. The second kappa shape index (κ2) is 5.68. The van der Waals surface area contributed by atoms with Crippen molar-refractivity contribution < 1.29 is 4.74 Å². The molecule has 2 heterocycles. The van der Waals surface area contributed by atoms with E-state index in [4.69, 9.17) is 4.74 Å². The van der Waals surface area contributed by atoms with Crippen LogP contribution in [0, 0.1) is 0 Å². The van der Waals surface area contributed by atoms with Gasteiger partial charge in [0.2, 0.25) is 0 Å². The maximum atomic E-state index is 5.43. The van der Waals surface area contributed by atoms with Gasteiger partial charge >= 0.3 is 0 Å². The van der Waals surface area contributed by atoms with Crippen molar-refractivity contribution in [1.82, 2.24) is 9.88 Å². The van der Waals surface area contributed by atoms with Gasteiger partial charge in [-0.25, -0.2) is 4.98 Å². The molecule has 0 unspecified atom stereocenters. The van der Waals surface area contributed by atoms with E-state index >= 15 is 0 Å². The van der Waals surface area contributed by atoms with E-state index in [0.29, 0.717) is 0 Å². The molecule has 4 nitrogen and oxygen atoms in total. The molecular formula is C15H21N3OS. The summed E-state index contributed by atoms with van der Waals surface area (Å²) in [6, 6.07) is 8.26. The van der Waals surface area contributed by atoms with Crippen LogP contribution in [0.1, 0.15) is 13.8 Å².